The Hall–Kier alpha value is -1.58. The fourth-order valence-electron chi connectivity index (χ4n) is 1.63. The lowest BCUT2D eigenvalue weighted by Gasteiger charge is -2.10. The Balaban J connectivity index is 2.25. The van der Waals surface area contributed by atoms with E-state index in [0.717, 1.165) is 28.4 Å². The number of aryl methyl sites for hydroxylation is 1. The SMILES string of the molecule is CNCc1cccnc1Oc1ccc(Cl)c(C)c1. The van der Waals surface area contributed by atoms with Crippen LogP contribution in [-0.4, -0.2) is 12.0 Å². The standard InChI is InChI=1S/C14H15ClN2O/c1-10-8-12(5-6-13(10)15)18-14-11(9-16-2)4-3-7-17-14/h3-8,16H,9H2,1-2H3. The van der Waals surface area contributed by atoms with E-state index in [9.17, 15) is 0 Å². The van der Waals surface area contributed by atoms with E-state index in [-0.39, 0.29) is 0 Å². The summed E-state index contributed by atoms with van der Waals surface area (Å²) in [6.45, 7) is 2.66. The molecule has 0 unspecified atom stereocenters. The van der Waals surface area contributed by atoms with Crippen LogP contribution in [0, 0.1) is 6.92 Å². The van der Waals surface area contributed by atoms with Crippen LogP contribution in [0.4, 0.5) is 0 Å². The van der Waals surface area contributed by atoms with Gasteiger partial charge in [0.1, 0.15) is 5.75 Å². The first-order chi connectivity index (χ1) is 8.70. The highest BCUT2D eigenvalue weighted by molar-refractivity contribution is 6.31. The average Bonchev–Trinajstić information content (AvgIpc) is 2.37. The number of nitrogens with zero attached hydrogens (tertiary/aromatic N) is 1. The first kappa shape index (κ1) is 12.9. The number of pyridine rings is 1. The number of ether oxygens (including phenoxy) is 1. The Morgan fingerprint density at radius 1 is 1.33 bits per heavy atom. The minimum absolute atomic E-state index is 0.619. The molecule has 0 amide bonds. The van der Waals surface area contributed by atoms with Crippen molar-refractivity contribution in [1.82, 2.24) is 10.3 Å². The third-order valence-corrected chi connectivity index (χ3v) is 2.99. The van der Waals surface area contributed by atoms with E-state index < -0.39 is 0 Å². The van der Waals surface area contributed by atoms with Gasteiger partial charge in [0.05, 0.1) is 0 Å². The second-order valence-corrected chi connectivity index (χ2v) is 4.42. The number of rotatable bonds is 4. The lowest BCUT2D eigenvalue weighted by atomic mass is 10.2. The van der Waals surface area contributed by atoms with Crippen LogP contribution in [-0.2, 0) is 6.54 Å². The molecule has 3 nitrogen and oxygen atoms in total. The number of benzene rings is 1. The Bertz CT molecular complexity index is 543. The van der Waals surface area contributed by atoms with Gasteiger partial charge in [0.15, 0.2) is 0 Å². The number of hydrogen-bond donors (Lipinski definition) is 1. The van der Waals surface area contributed by atoms with Gasteiger partial charge in [-0.05, 0) is 43.8 Å². The largest absolute Gasteiger partial charge is 0.439 e. The third kappa shape index (κ3) is 3.00. The molecule has 0 aliphatic heterocycles. The van der Waals surface area contributed by atoms with E-state index in [2.05, 4.69) is 10.3 Å². The molecule has 1 N–H and O–H groups in total. The van der Waals surface area contributed by atoms with Crippen LogP contribution in [0.1, 0.15) is 11.1 Å². The predicted octanol–water partition coefficient (Wildman–Crippen LogP) is 3.56. The Kier molecular flexibility index (Phi) is 4.18. The molecule has 0 aliphatic rings. The van der Waals surface area contributed by atoms with Crippen LogP contribution in [0.3, 0.4) is 0 Å². The van der Waals surface area contributed by atoms with Gasteiger partial charge in [-0.2, -0.15) is 0 Å². The zero-order valence-electron chi connectivity index (χ0n) is 10.4. The maximum Gasteiger partial charge on any atom is 0.223 e. The summed E-state index contributed by atoms with van der Waals surface area (Å²) in [5.74, 6) is 1.36. The molecule has 1 heterocycles. The lowest BCUT2D eigenvalue weighted by molar-refractivity contribution is 0.454. The molecule has 18 heavy (non-hydrogen) atoms. The van der Waals surface area contributed by atoms with Gasteiger partial charge in [0.2, 0.25) is 5.88 Å². The van der Waals surface area contributed by atoms with Crippen LogP contribution >= 0.6 is 11.6 Å². The van der Waals surface area contributed by atoms with E-state index in [1.54, 1.807) is 6.20 Å². The molecule has 94 valence electrons. The minimum Gasteiger partial charge on any atom is -0.439 e. The number of halogens is 1. The molecule has 0 spiro atoms. The molecule has 2 aromatic rings. The molecular weight excluding hydrogens is 248 g/mol. The van der Waals surface area contributed by atoms with Crippen molar-refractivity contribution in [2.75, 3.05) is 7.05 Å². The third-order valence-electron chi connectivity index (χ3n) is 2.56. The normalized spacial score (nSPS) is 10.4. The highest BCUT2D eigenvalue weighted by Crippen LogP contribution is 2.26. The summed E-state index contributed by atoms with van der Waals surface area (Å²) in [4.78, 5) is 4.25. The van der Waals surface area contributed by atoms with Crippen molar-refractivity contribution in [3.8, 4) is 11.6 Å². The maximum atomic E-state index is 5.98. The first-order valence-electron chi connectivity index (χ1n) is 5.73. The topological polar surface area (TPSA) is 34.2 Å². The van der Waals surface area contributed by atoms with Crippen molar-refractivity contribution < 1.29 is 4.74 Å². The second kappa shape index (κ2) is 5.85. The lowest BCUT2D eigenvalue weighted by Crippen LogP contribution is -2.07. The van der Waals surface area contributed by atoms with E-state index >= 15 is 0 Å². The summed E-state index contributed by atoms with van der Waals surface area (Å²) in [6, 6.07) is 9.45. The molecule has 1 aromatic heterocycles. The summed E-state index contributed by atoms with van der Waals surface area (Å²) >= 11 is 5.98. The fourth-order valence-corrected chi connectivity index (χ4v) is 1.75. The zero-order valence-corrected chi connectivity index (χ0v) is 11.2. The second-order valence-electron chi connectivity index (χ2n) is 4.01. The van der Waals surface area contributed by atoms with Crippen LogP contribution in [0.5, 0.6) is 11.6 Å². The summed E-state index contributed by atoms with van der Waals surface area (Å²) < 4.78 is 5.79. The first-order valence-corrected chi connectivity index (χ1v) is 6.11. The smallest absolute Gasteiger partial charge is 0.223 e. The average molecular weight is 263 g/mol. The van der Waals surface area contributed by atoms with Crippen molar-refractivity contribution in [2.24, 2.45) is 0 Å². The van der Waals surface area contributed by atoms with E-state index in [1.165, 1.54) is 0 Å². The Morgan fingerprint density at radius 3 is 2.89 bits per heavy atom. The number of nitrogens with one attached hydrogen (secondary N) is 1. The van der Waals surface area contributed by atoms with Gasteiger partial charge in [-0.25, -0.2) is 4.98 Å². The van der Waals surface area contributed by atoms with Crippen molar-refractivity contribution in [2.45, 2.75) is 13.5 Å². The molecule has 2 rings (SSSR count). The monoisotopic (exact) mass is 262 g/mol. The van der Waals surface area contributed by atoms with E-state index in [0.29, 0.717) is 5.88 Å². The molecule has 0 atom stereocenters. The molecule has 0 saturated heterocycles. The number of aromatic nitrogens is 1. The van der Waals surface area contributed by atoms with Crippen molar-refractivity contribution in [1.29, 1.82) is 0 Å². The Labute approximate surface area is 112 Å². The fraction of sp³-hybridized carbons (Fsp3) is 0.214. The van der Waals surface area contributed by atoms with E-state index in [4.69, 9.17) is 16.3 Å². The molecule has 0 radical (unpaired) electrons. The van der Waals surface area contributed by atoms with Gasteiger partial charge >= 0.3 is 0 Å². The van der Waals surface area contributed by atoms with Crippen molar-refractivity contribution >= 4 is 11.6 Å². The molecule has 1 aromatic carbocycles. The Morgan fingerprint density at radius 2 is 2.17 bits per heavy atom. The van der Waals surface area contributed by atoms with Crippen LogP contribution < -0.4 is 10.1 Å². The molecule has 0 fully saturated rings. The summed E-state index contributed by atoms with van der Waals surface area (Å²) in [6.07, 6.45) is 1.72. The van der Waals surface area contributed by atoms with Gasteiger partial charge in [-0.3, -0.25) is 0 Å². The summed E-state index contributed by atoms with van der Waals surface area (Å²) in [5, 5.41) is 3.82. The number of hydrogen-bond acceptors (Lipinski definition) is 3. The van der Waals surface area contributed by atoms with Crippen LogP contribution in [0.25, 0.3) is 0 Å². The molecule has 0 aliphatic carbocycles. The van der Waals surface area contributed by atoms with Gasteiger partial charge < -0.3 is 10.1 Å². The maximum absolute atomic E-state index is 5.98. The quantitative estimate of drug-likeness (QED) is 0.915. The molecule has 0 saturated carbocycles. The van der Waals surface area contributed by atoms with Gasteiger partial charge in [-0.1, -0.05) is 17.7 Å². The van der Waals surface area contributed by atoms with Crippen LogP contribution in [0.2, 0.25) is 5.02 Å². The van der Waals surface area contributed by atoms with Crippen molar-refractivity contribution in [3.05, 3.63) is 52.7 Å². The van der Waals surface area contributed by atoms with Gasteiger partial charge in [0, 0.05) is 23.3 Å². The summed E-state index contributed by atoms with van der Waals surface area (Å²) in [7, 11) is 1.89. The predicted molar refractivity (Wildman–Crippen MR) is 73.3 cm³/mol. The van der Waals surface area contributed by atoms with E-state index in [1.807, 2.05) is 44.3 Å². The van der Waals surface area contributed by atoms with Gasteiger partial charge in [-0.15, -0.1) is 0 Å². The minimum atomic E-state index is 0.619. The highest BCUT2D eigenvalue weighted by atomic mass is 35.5. The van der Waals surface area contributed by atoms with Crippen LogP contribution in [0.15, 0.2) is 36.5 Å². The highest BCUT2D eigenvalue weighted by Gasteiger charge is 2.06. The molecule has 0 bridgehead atoms. The molecular formula is C14H15ClN2O. The molecule has 4 heteroatoms. The van der Waals surface area contributed by atoms with Gasteiger partial charge in [0.25, 0.3) is 0 Å². The summed E-state index contributed by atoms with van der Waals surface area (Å²) in [5.41, 5.74) is 2.01. The van der Waals surface area contributed by atoms with Crippen molar-refractivity contribution in [3.63, 3.8) is 0 Å². The zero-order chi connectivity index (χ0) is 13.0.